The van der Waals surface area contributed by atoms with Gasteiger partial charge in [-0.1, -0.05) is 13.8 Å². The summed E-state index contributed by atoms with van der Waals surface area (Å²) < 4.78 is 11.5. The number of esters is 1. The summed E-state index contributed by atoms with van der Waals surface area (Å²) in [5.41, 5.74) is 0.524. The lowest BCUT2D eigenvalue weighted by Gasteiger charge is -2.58. The molecule has 0 amide bonds. The number of carbonyl (C=O) groups is 1. The van der Waals surface area contributed by atoms with Crippen molar-refractivity contribution < 1.29 is 14.3 Å². The predicted octanol–water partition coefficient (Wildman–Crippen LogP) is 1.68. The molecule has 3 unspecified atom stereocenters. The van der Waals surface area contributed by atoms with Gasteiger partial charge in [0.15, 0.2) is 0 Å². The highest BCUT2D eigenvalue weighted by molar-refractivity contribution is 5.73. The van der Waals surface area contributed by atoms with Gasteiger partial charge in [0.25, 0.3) is 5.56 Å². The van der Waals surface area contributed by atoms with Gasteiger partial charge in [-0.15, -0.1) is 0 Å². The van der Waals surface area contributed by atoms with Crippen molar-refractivity contribution in [3.8, 4) is 0 Å². The van der Waals surface area contributed by atoms with Gasteiger partial charge in [-0.2, -0.15) is 0 Å². The van der Waals surface area contributed by atoms with Gasteiger partial charge < -0.3 is 14.5 Å². The molecule has 1 saturated heterocycles. The first-order chi connectivity index (χ1) is 10.8. The summed E-state index contributed by atoms with van der Waals surface area (Å²) >= 11 is 0. The van der Waals surface area contributed by atoms with E-state index >= 15 is 0 Å². The smallest absolute Gasteiger partial charge is 0.310 e. The lowest BCUT2D eigenvalue weighted by atomic mass is 9.57. The van der Waals surface area contributed by atoms with E-state index in [2.05, 4.69) is 23.8 Å². The maximum Gasteiger partial charge on any atom is 0.310 e. The average molecular weight is 320 g/mol. The monoisotopic (exact) mass is 320 g/mol. The summed E-state index contributed by atoms with van der Waals surface area (Å²) in [5, 5.41) is 0. The van der Waals surface area contributed by atoms with Crippen molar-refractivity contribution in [2.24, 2.45) is 11.3 Å². The van der Waals surface area contributed by atoms with Crippen molar-refractivity contribution in [1.82, 2.24) is 9.97 Å². The van der Waals surface area contributed by atoms with Crippen LogP contribution in [-0.2, 0) is 20.7 Å². The van der Waals surface area contributed by atoms with Gasteiger partial charge in [0, 0.05) is 29.2 Å². The quantitative estimate of drug-likeness (QED) is 0.857. The molecule has 126 valence electrons. The molecular formula is C17H24N2O4. The number of hydrogen-bond donors (Lipinski definition) is 1. The summed E-state index contributed by atoms with van der Waals surface area (Å²) in [6.45, 7) is 8.39. The van der Waals surface area contributed by atoms with Crippen LogP contribution in [0.2, 0.25) is 0 Å². The van der Waals surface area contributed by atoms with Crippen molar-refractivity contribution in [2.75, 3.05) is 6.61 Å². The molecule has 0 aromatic carbocycles. The van der Waals surface area contributed by atoms with Gasteiger partial charge in [0.2, 0.25) is 0 Å². The number of aryl methyl sites for hydroxylation is 2. The molecule has 1 aliphatic carbocycles. The highest BCUT2D eigenvalue weighted by Crippen LogP contribution is 2.52. The minimum absolute atomic E-state index is 0.0424. The first kappa shape index (κ1) is 16.2. The molecule has 3 atom stereocenters. The Morgan fingerprint density at radius 1 is 1.43 bits per heavy atom. The molecule has 23 heavy (non-hydrogen) atoms. The molecule has 1 saturated carbocycles. The number of hydrogen-bond acceptors (Lipinski definition) is 5. The summed E-state index contributed by atoms with van der Waals surface area (Å²) in [6.07, 6.45) is 2.02. The molecule has 6 heteroatoms. The second kappa shape index (κ2) is 5.74. The second-order valence-corrected chi connectivity index (χ2v) is 7.22. The fourth-order valence-corrected chi connectivity index (χ4v) is 4.00. The molecule has 1 aromatic rings. The van der Waals surface area contributed by atoms with Crippen molar-refractivity contribution in [3.05, 3.63) is 27.4 Å². The van der Waals surface area contributed by atoms with Crippen LogP contribution in [0.4, 0.5) is 0 Å². The maximum absolute atomic E-state index is 12.3. The van der Waals surface area contributed by atoms with E-state index in [1.807, 2.05) is 0 Å². The molecule has 0 radical (unpaired) electrons. The number of nitrogens with one attached hydrogen (secondary N) is 1. The zero-order chi connectivity index (χ0) is 16.8. The zero-order valence-corrected chi connectivity index (χ0v) is 14.1. The first-order valence-electron chi connectivity index (χ1n) is 8.18. The van der Waals surface area contributed by atoms with Crippen LogP contribution in [-0.4, -0.2) is 34.8 Å². The normalized spacial score (nSPS) is 28.6. The van der Waals surface area contributed by atoms with E-state index in [0.29, 0.717) is 17.1 Å². The Balaban J connectivity index is 1.70. The summed E-state index contributed by atoms with van der Waals surface area (Å²) in [7, 11) is 0. The minimum Gasteiger partial charge on any atom is -0.461 e. The van der Waals surface area contributed by atoms with Crippen molar-refractivity contribution in [2.45, 2.75) is 59.2 Å². The van der Waals surface area contributed by atoms with Gasteiger partial charge in [0.05, 0.1) is 12.5 Å². The van der Waals surface area contributed by atoms with Crippen LogP contribution in [0.3, 0.4) is 0 Å². The molecule has 1 aromatic heterocycles. The first-order valence-corrected chi connectivity index (χ1v) is 8.18. The molecular weight excluding hydrogens is 296 g/mol. The van der Waals surface area contributed by atoms with Gasteiger partial charge in [-0.25, -0.2) is 4.98 Å². The Labute approximate surface area is 135 Å². The third kappa shape index (κ3) is 2.80. The highest BCUT2D eigenvalue weighted by atomic mass is 16.6. The Hall–Kier alpha value is -1.69. The van der Waals surface area contributed by atoms with E-state index in [-0.39, 0.29) is 41.5 Å². The molecule has 6 nitrogen and oxygen atoms in total. The average Bonchev–Trinajstić information content (AvgIpc) is 2.48. The molecule has 2 aliphatic rings. The summed E-state index contributed by atoms with van der Waals surface area (Å²) in [6, 6.07) is 0. The highest BCUT2D eigenvalue weighted by Gasteiger charge is 2.60. The summed E-state index contributed by atoms with van der Waals surface area (Å²) in [4.78, 5) is 31.2. The molecule has 3 rings (SSSR count). The molecule has 2 fully saturated rings. The second-order valence-electron chi connectivity index (χ2n) is 7.22. The number of aromatic nitrogens is 2. The van der Waals surface area contributed by atoms with Crippen molar-refractivity contribution in [1.29, 1.82) is 0 Å². The number of fused-ring (bicyclic) bond motifs is 1. The fraction of sp³-hybridized carbons (Fsp3) is 0.706. The number of H-pyrrole nitrogens is 1. The third-order valence-electron chi connectivity index (χ3n) is 5.14. The van der Waals surface area contributed by atoms with Crippen molar-refractivity contribution >= 4 is 5.97 Å². The molecule has 0 bridgehead atoms. The maximum atomic E-state index is 12.3. The largest absolute Gasteiger partial charge is 0.461 e. The lowest BCUT2D eigenvalue weighted by molar-refractivity contribution is -0.254. The SMILES string of the molecule is Cc1nc(C)c(CC(=O)OC2C3CCCOC3C2(C)C)c(=O)[nH]1. The van der Waals surface area contributed by atoms with E-state index in [9.17, 15) is 9.59 Å². The molecule has 2 heterocycles. The third-order valence-corrected chi connectivity index (χ3v) is 5.14. The van der Waals surface area contributed by atoms with Gasteiger partial charge in [-0.05, 0) is 26.7 Å². The van der Waals surface area contributed by atoms with Crippen LogP contribution in [0.25, 0.3) is 0 Å². The van der Waals surface area contributed by atoms with E-state index < -0.39 is 0 Å². The van der Waals surface area contributed by atoms with E-state index in [1.54, 1.807) is 13.8 Å². The van der Waals surface area contributed by atoms with Gasteiger partial charge in [-0.3, -0.25) is 9.59 Å². The molecule has 1 N–H and O–H groups in total. The number of nitrogens with zero attached hydrogens (tertiary/aromatic N) is 1. The van der Waals surface area contributed by atoms with Gasteiger partial charge >= 0.3 is 5.97 Å². The topological polar surface area (TPSA) is 81.3 Å². The van der Waals surface area contributed by atoms with Crippen LogP contribution in [0.5, 0.6) is 0 Å². The number of carbonyl (C=O) groups excluding carboxylic acids is 1. The zero-order valence-electron chi connectivity index (χ0n) is 14.1. The number of ether oxygens (including phenoxy) is 2. The summed E-state index contributed by atoms with van der Waals surface area (Å²) in [5.74, 6) is 0.455. The lowest BCUT2D eigenvalue weighted by Crippen LogP contribution is -2.65. The Bertz CT molecular complexity index is 680. The Morgan fingerprint density at radius 3 is 2.87 bits per heavy atom. The van der Waals surface area contributed by atoms with E-state index in [0.717, 1.165) is 19.4 Å². The van der Waals surface area contributed by atoms with Gasteiger partial charge in [0.1, 0.15) is 11.9 Å². The number of aromatic amines is 1. The van der Waals surface area contributed by atoms with Crippen molar-refractivity contribution in [3.63, 3.8) is 0 Å². The van der Waals surface area contributed by atoms with Crippen LogP contribution in [0, 0.1) is 25.2 Å². The van der Waals surface area contributed by atoms with Crippen LogP contribution < -0.4 is 5.56 Å². The Kier molecular flexibility index (Phi) is 4.04. The fourth-order valence-electron chi connectivity index (χ4n) is 4.00. The van der Waals surface area contributed by atoms with E-state index in [4.69, 9.17) is 9.47 Å². The minimum atomic E-state index is -0.369. The van der Waals surface area contributed by atoms with E-state index in [1.165, 1.54) is 0 Å². The standard InChI is InChI=1S/C17H24N2O4/c1-9-12(16(21)19-10(2)18-9)8-13(20)23-15-11-6-5-7-22-14(11)17(15,3)4/h11,14-15H,5-8H2,1-4H3,(H,18,19,21). The molecule has 0 spiro atoms. The van der Waals surface area contributed by atoms with Crippen LogP contribution in [0.1, 0.15) is 43.8 Å². The molecule has 1 aliphatic heterocycles. The number of rotatable bonds is 3. The Morgan fingerprint density at radius 2 is 2.17 bits per heavy atom. The van der Waals surface area contributed by atoms with Crippen LogP contribution >= 0.6 is 0 Å². The predicted molar refractivity (Wildman–Crippen MR) is 84.2 cm³/mol. The van der Waals surface area contributed by atoms with Crippen LogP contribution in [0.15, 0.2) is 4.79 Å².